The molecule has 1 aliphatic heterocycles. The van der Waals surface area contributed by atoms with Gasteiger partial charge in [-0.3, -0.25) is 14.4 Å². The number of amides is 3. The van der Waals surface area contributed by atoms with Crippen LogP contribution in [0.3, 0.4) is 0 Å². The number of hydrogen-bond acceptors (Lipinski definition) is 4. The number of piperidine rings is 1. The van der Waals surface area contributed by atoms with Gasteiger partial charge >= 0.3 is 0 Å². The van der Waals surface area contributed by atoms with Crippen molar-refractivity contribution in [2.24, 2.45) is 11.8 Å². The first kappa shape index (κ1) is 22.6. The Balaban J connectivity index is 1.57. The fraction of sp³-hybridized carbons (Fsp3) is 0.591. The van der Waals surface area contributed by atoms with Gasteiger partial charge in [0.15, 0.2) is 0 Å². The van der Waals surface area contributed by atoms with Gasteiger partial charge in [-0.25, -0.2) is 0 Å². The van der Waals surface area contributed by atoms with Crippen LogP contribution in [0.1, 0.15) is 42.5 Å². The Morgan fingerprint density at radius 2 is 1.80 bits per heavy atom. The number of rotatable bonds is 9. The average Bonchev–Trinajstić information content (AvgIpc) is 3.60. The number of likely N-dealkylation sites (tertiary alicyclic amines) is 1. The molecule has 0 bridgehead atoms. The number of carbonyl (C=O) groups is 3. The van der Waals surface area contributed by atoms with Gasteiger partial charge in [0.2, 0.25) is 11.8 Å². The van der Waals surface area contributed by atoms with Crippen LogP contribution in [0.2, 0.25) is 5.02 Å². The number of methoxy groups -OCH3 is 1. The van der Waals surface area contributed by atoms with E-state index in [0.29, 0.717) is 49.7 Å². The molecule has 1 saturated carbocycles. The highest BCUT2D eigenvalue weighted by molar-refractivity contribution is 6.30. The summed E-state index contributed by atoms with van der Waals surface area (Å²) in [6, 6.07) is 6.30. The van der Waals surface area contributed by atoms with Gasteiger partial charge in [0.1, 0.15) is 6.04 Å². The molecular weight excluding hydrogens is 406 g/mol. The lowest BCUT2D eigenvalue weighted by molar-refractivity contribution is -0.131. The summed E-state index contributed by atoms with van der Waals surface area (Å²) < 4.78 is 5.02. The maximum atomic E-state index is 12.8. The molecule has 7 nitrogen and oxygen atoms in total. The van der Waals surface area contributed by atoms with Gasteiger partial charge in [-0.2, -0.15) is 0 Å². The summed E-state index contributed by atoms with van der Waals surface area (Å²) in [4.78, 5) is 39.7. The fourth-order valence-electron chi connectivity index (χ4n) is 3.76. The van der Waals surface area contributed by atoms with Crippen molar-refractivity contribution in [3.8, 4) is 0 Å². The SMILES string of the molecule is COCCCNC(=O)[C@@H](NC(=O)C1CC1)C1CCN(C(=O)c2ccc(Cl)cc2)CC1. The second kappa shape index (κ2) is 10.8. The molecular formula is C22H30ClN3O4. The highest BCUT2D eigenvalue weighted by atomic mass is 35.5. The molecule has 2 fully saturated rings. The smallest absolute Gasteiger partial charge is 0.253 e. The van der Waals surface area contributed by atoms with Crippen molar-refractivity contribution in [1.29, 1.82) is 0 Å². The minimum atomic E-state index is -0.562. The Hall–Kier alpha value is -2.12. The van der Waals surface area contributed by atoms with Crippen LogP contribution in [0.4, 0.5) is 0 Å². The molecule has 3 amide bonds. The van der Waals surface area contributed by atoms with Crippen LogP contribution in [0.15, 0.2) is 24.3 Å². The molecule has 2 N–H and O–H groups in total. The lowest BCUT2D eigenvalue weighted by Crippen LogP contribution is -2.54. The maximum Gasteiger partial charge on any atom is 0.253 e. The molecule has 0 unspecified atom stereocenters. The van der Waals surface area contributed by atoms with E-state index in [2.05, 4.69) is 10.6 Å². The van der Waals surface area contributed by atoms with Crippen LogP contribution in [-0.4, -0.2) is 62.0 Å². The van der Waals surface area contributed by atoms with Crippen LogP contribution in [0.5, 0.6) is 0 Å². The number of benzene rings is 1. The quantitative estimate of drug-likeness (QED) is 0.582. The second-order valence-electron chi connectivity index (χ2n) is 8.03. The number of ether oxygens (including phenoxy) is 1. The van der Waals surface area contributed by atoms with E-state index in [1.54, 1.807) is 36.3 Å². The van der Waals surface area contributed by atoms with Gasteiger partial charge < -0.3 is 20.3 Å². The number of nitrogens with zero attached hydrogens (tertiary/aromatic N) is 1. The zero-order valence-corrected chi connectivity index (χ0v) is 18.1. The molecule has 0 spiro atoms. The van der Waals surface area contributed by atoms with E-state index in [4.69, 9.17) is 16.3 Å². The van der Waals surface area contributed by atoms with Crippen molar-refractivity contribution in [2.75, 3.05) is 33.4 Å². The first-order chi connectivity index (χ1) is 14.5. The number of hydrogen-bond donors (Lipinski definition) is 2. The highest BCUT2D eigenvalue weighted by Gasteiger charge is 2.37. The molecule has 0 radical (unpaired) electrons. The summed E-state index contributed by atoms with van der Waals surface area (Å²) in [6.45, 7) is 2.19. The van der Waals surface area contributed by atoms with E-state index >= 15 is 0 Å². The lowest BCUT2D eigenvalue weighted by Gasteiger charge is -2.36. The average molecular weight is 436 g/mol. The van der Waals surface area contributed by atoms with E-state index in [-0.39, 0.29) is 29.6 Å². The minimum absolute atomic E-state index is 0.00407. The first-order valence-electron chi connectivity index (χ1n) is 10.6. The van der Waals surface area contributed by atoms with Crippen LogP contribution < -0.4 is 10.6 Å². The Bertz CT molecular complexity index is 743. The summed E-state index contributed by atoms with van der Waals surface area (Å²) in [6.07, 6.45) is 3.84. The first-order valence-corrected chi connectivity index (χ1v) is 11.0. The predicted octanol–water partition coefficient (Wildman–Crippen LogP) is 2.24. The van der Waals surface area contributed by atoms with Crippen molar-refractivity contribution >= 4 is 29.3 Å². The predicted molar refractivity (Wildman–Crippen MR) is 114 cm³/mol. The van der Waals surface area contributed by atoms with Crippen LogP contribution in [-0.2, 0) is 14.3 Å². The summed E-state index contributed by atoms with van der Waals surface area (Å²) in [5, 5.41) is 6.48. The van der Waals surface area contributed by atoms with E-state index in [9.17, 15) is 14.4 Å². The van der Waals surface area contributed by atoms with E-state index in [1.807, 2.05) is 0 Å². The summed E-state index contributed by atoms with van der Waals surface area (Å²) in [5.41, 5.74) is 0.604. The lowest BCUT2D eigenvalue weighted by atomic mass is 9.88. The largest absolute Gasteiger partial charge is 0.385 e. The molecule has 1 aromatic rings. The molecule has 1 saturated heterocycles. The fourth-order valence-corrected chi connectivity index (χ4v) is 3.89. The monoisotopic (exact) mass is 435 g/mol. The Kier molecular flexibility index (Phi) is 8.10. The van der Waals surface area contributed by atoms with Gasteiger partial charge in [-0.05, 0) is 62.3 Å². The van der Waals surface area contributed by atoms with Crippen molar-refractivity contribution in [3.63, 3.8) is 0 Å². The summed E-state index contributed by atoms with van der Waals surface area (Å²) in [7, 11) is 1.62. The normalized spacial score (nSPS) is 18.0. The minimum Gasteiger partial charge on any atom is -0.385 e. The second-order valence-corrected chi connectivity index (χ2v) is 8.47. The molecule has 164 valence electrons. The zero-order chi connectivity index (χ0) is 21.5. The van der Waals surface area contributed by atoms with Crippen molar-refractivity contribution in [2.45, 2.75) is 38.1 Å². The van der Waals surface area contributed by atoms with Crippen molar-refractivity contribution in [1.82, 2.24) is 15.5 Å². The summed E-state index contributed by atoms with van der Waals surface area (Å²) >= 11 is 5.90. The number of halogens is 1. The van der Waals surface area contributed by atoms with Gasteiger partial charge in [-0.1, -0.05) is 11.6 Å². The third kappa shape index (κ3) is 6.19. The third-order valence-corrected chi connectivity index (χ3v) is 5.99. The van der Waals surface area contributed by atoms with Gasteiger partial charge in [-0.15, -0.1) is 0 Å². The van der Waals surface area contributed by atoms with Gasteiger partial charge in [0, 0.05) is 49.9 Å². The molecule has 8 heteroatoms. The molecule has 0 aromatic heterocycles. The topological polar surface area (TPSA) is 87.7 Å². The molecule has 1 aliphatic carbocycles. The van der Waals surface area contributed by atoms with Gasteiger partial charge in [0.25, 0.3) is 5.91 Å². The van der Waals surface area contributed by atoms with Crippen LogP contribution >= 0.6 is 11.6 Å². The highest BCUT2D eigenvalue weighted by Crippen LogP contribution is 2.30. The standard InChI is InChI=1S/C22H30ClN3O4/c1-30-14-2-11-24-21(28)19(25-20(27)16-3-4-16)15-9-12-26(13-10-15)22(29)17-5-7-18(23)8-6-17/h5-8,15-16,19H,2-4,9-14H2,1H3,(H,24,28)(H,25,27)/t19-/m0/s1. The zero-order valence-electron chi connectivity index (χ0n) is 17.4. The Morgan fingerprint density at radius 3 is 2.40 bits per heavy atom. The van der Waals surface area contributed by atoms with Crippen molar-refractivity contribution in [3.05, 3.63) is 34.9 Å². The Labute approximate surface area is 182 Å². The molecule has 2 aliphatic rings. The van der Waals surface area contributed by atoms with E-state index < -0.39 is 6.04 Å². The van der Waals surface area contributed by atoms with E-state index in [0.717, 1.165) is 19.3 Å². The van der Waals surface area contributed by atoms with Gasteiger partial charge in [0.05, 0.1) is 0 Å². The number of carbonyl (C=O) groups excluding carboxylic acids is 3. The summed E-state index contributed by atoms with van der Waals surface area (Å²) in [5.74, 6) is -0.174. The van der Waals surface area contributed by atoms with E-state index in [1.165, 1.54) is 0 Å². The molecule has 3 rings (SSSR count). The Morgan fingerprint density at radius 1 is 1.13 bits per heavy atom. The molecule has 1 atom stereocenters. The molecule has 30 heavy (non-hydrogen) atoms. The number of nitrogens with one attached hydrogen (secondary N) is 2. The third-order valence-electron chi connectivity index (χ3n) is 5.74. The van der Waals surface area contributed by atoms with Crippen LogP contribution in [0.25, 0.3) is 0 Å². The van der Waals surface area contributed by atoms with Crippen molar-refractivity contribution < 1.29 is 19.1 Å². The maximum absolute atomic E-state index is 12.8. The molecule has 1 aromatic carbocycles. The van der Waals surface area contributed by atoms with Crippen LogP contribution in [0, 0.1) is 11.8 Å². The molecule has 1 heterocycles.